The average molecular weight is 540 g/mol. The van der Waals surface area contributed by atoms with Gasteiger partial charge in [0.15, 0.2) is 5.96 Å². The van der Waals surface area contributed by atoms with Gasteiger partial charge in [-0.1, -0.05) is 18.2 Å². The zero-order valence-electron chi connectivity index (χ0n) is 18.3. The number of hydrogen-bond acceptors (Lipinski definition) is 4. The van der Waals surface area contributed by atoms with Crippen LogP contribution in [0.4, 0.5) is 4.79 Å². The van der Waals surface area contributed by atoms with E-state index in [0.717, 1.165) is 43.0 Å². The van der Waals surface area contributed by atoms with Gasteiger partial charge in [-0.25, -0.2) is 9.48 Å². The molecular weight excluding hydrogens is 507 g/mol. The highest BCUT2D eigenvalue weighted by atomic mass is 127. The summed E-state index contributed by atoms with van der Waals surface area (Å²) in [7, 11) is 0. The summed E-state index contributed by atoms with van der Waals surface area (Å²) in [5.74, 6) is 0.822. The number of amides is 1. The van der Waals surface area contributed by atoms with Gasteiger partial charge in [0.2, 0.25) is 0 Å². The molecule has 2 N–H and O–H groups in total. The van der Waals surface area contributed by atoms with Crippen molar-refractivity contribution in [2.75, 3.05) is 32.8 Å². The molecule has 0 aliphatic carbocycles. The van der Waals surface area contributed by atoms with Gasteiger partial charge in [-0.3, -0.25) is 4.99 Å². The number of ether oxygens (including phenoxy) is 1. The van der Waals surface area contributed by atoms with E-state index in [1.807, 2.05) is 48.1 Å². The largest absolute Gasteiger partial charge is 0.450 e. The van der Waals surface area contributed by atoms with Crippen molar-refractivity contribution in [3.8, 4) is 5.69 Å². The van der Waals surface area contributed by atoms with Crippen LogP contribution in [0.5, 0.6) is 0 Å². The predicted molar refractivity (Wildman–Crippen MR) is 133 cm³/mol. The van der Waals surface area contributed by atoms with Crippen LogP contribution in [0.3, 0.4) is 0 Å². The van der Waals surface area contributed by atoms with Gasteiger partial charge in [-0.2, -0.15) is 5.10 Å². The second-order valence-corrected chi connectivity index (χ2v) is 7.24. The summed E-state index contributed by atoms with van der Waals surface area (Å²) in [4.78, 5) is 18.3. The lowest BCUT2D eigenvalue weighted by molar-refractivity contribution is 0.0963. The van der Waals surface area contributed by atoms with Gasteiger partial charge in [0, 0.05) is 38.4 Å². The molecule has 2 aromatic rings. The molecule has 1 aliphatic heterocycles. The number of aromatic nitrogens is 2. The number of nitrogens with one attached hydrogen (secondary N) is 2. The molecule has 1 aromatic heterocycles. The number of halogens is 1. The maximum Gasteiger partial charge on any atom is 0.409 e. The van der Waals surface area contributed by atoms with Crippen molar-refractivity contribution in [1.82, 2.24) is 25.3 Å². The van der Waals surface area contributed by atoms with E-state index in [4.69, 9.17) is 9.73 Å². The first kappa shape index (κ1) is 25.0. The van der Waals surface area contributed by atoms with E-state index in [1.165, 1.54) is 0 Å². The van der Waals surface area contributed by atoms with Crippen molar-refractivity contribution in [2.24, 2.45) is 4.99 Å². The highest BCUT2D eigenvalue weighted by Gasteiger charge is 2.24. The first-order valence-corrected chi connectivity index (χ1v) is 10.7. The van der Waals surface area contributed by atoms with Gasteiger partial charge < -0.3 is 20.3 Å². The molecule has 3 rings (SSSR count). The number of benzene rings is 1. The smallest absolute Gasteiger partial charge is 0.409 e. The van der Waals surface area contributed by atoms with Crippen LogP contribution in [0, 0.1) is 0 Å². The fourth-order valence-corrected chi connectivity index (χ4v) is 3.44. The van der Waals surface area contributed by atoms with E-state index in [-0.39, 0.29) is 30.1 Å². The summed E-state index contributed by atoms with van der Waals surface area (Å²) in [6, 6.07) is 10.4. The standard InChI is InChI=1S/C22H32N6O2.HI/c1-3-23-21(26-19-11-14-27(15-12-19)22(29)30-4-2)24-13-10-18-16-25-28(17-18)20-8-6-5-7-9-20;/h5-9,16-17,19H,3-4,10-15H2,1-2H3,(H2,23,24,26);1H. The Morgan fingerprint density at radius 3 is 2.65 bits per heavy atom. The number of aliphatic imine (C=N–C) groups is 1. The Kier molecular flexibility index (Phi) is 10.6. The number of carbonyl (C=O) groups excluding carboxylic acids is 1. The quantitative estimate of drug-likeness (QED) is 0.320. The molecule has 1 saturated heterocycles. The lowest BCUT2D eigenvalue weighted by atomic mass is 10.1. The highest BCUT2D eigenvalue weighted by molar-refractivity contribution is 14.0. The average Bonchev–Trinajstić information content (AvgIpc) is 3.24. The summed E-state index contributed by atoms with van der Waals surface area (Å²) in [6.45, 7) is 7.20. The van der Waals surface area contributed by atoms with Gasteiger partial charge in [0.1, 0.15) is 0 Å². The molecule has 9 heteroatoms. The van der Waals surface area contributed by atoms with Gasteiger partial charge in [0.05, 0.1) is 18.5 Å². The zero-order valence-corrected chi connectivity index (χ0v) is 20.6. The van der Waals surface area contributed by atoms with Crippen LogP contribution in [-0.2, 0) is 11.2 Å². The first-order chi connectivity index (χ1) is 14.7. The van der Waals surface area contributed by atoms with Crippen molar-refractivity contribution >= 4 is 36.0 Å². The molecule has 1 aliphatic rings. The minimum absolute atomic E-state index is 0. The molecular formula is C22H33IN6O2. The third-order valence-corrected chi connectivity index (χ3v) is 5.03. The molecule has 2 heterocycles. The normalized spacial score (nSPS) is 14.6. The molecule has 0 saturated carbocycles. The van der Waals surface area contributed by atoms with E-state index >= 15 is 0 Å². The first-order valence-electron chi connectivity index (χ1n) is 10.7. The highest BCUT2D eigenvalue weighted by Crippen LogP contribution is 2.12. The van der Waals surface area contributed by atoms with Crippen LogP contribution in [-0.4, -0.2) is 65.6 Å². The number of carbonyl (C=O) groups is 1. The Balaban J connectivity index is 0.00000341. The van der Waals surface area contributed by atoms with E-state index in [9.17, 15) is 4.79 Å². The van der Waals surface area contributed by atoms with Crippen LogP contribution < -0.4 is 10.6 Å². The fraction of sp³-hybridized carbons (Fsp3) is 0.500. The van der Waals surface area contributed by atoms with Crippen LogP contribution in [0.2, 0.25) is 0 Å². The Hall–Kier alpha value is -2.30. The second-order valence-electron chi connectivity index (χ2n) is 7.24. The monoisotopic (exact) mass is 540 g/mol. The van der Waals surface area contributed by atoms with Gasteiger partial charge in [-0.15, -0.1) is 24.0 Å². The van der Waals surface area contributed by atoms with Gasteiger partial charge in [0.25, 0.3) is 0 Å². The minimum Gasteiger partial charge on any atom is -0.450 e. The van der Waals surface area contributed by atoms with Crippen molar-refractivity contribution < 1.29 is 9.53 Å². The summed E-state index contributed by atoms with van der Waals surface area (Å²) < 4.78 is 6.97. The Bertz CT molecular complexity index is 818. The van der Waals surface area contributed by atoms with Gasteiger partial charge in [-0.05, 0) is 50.8 Å². The molecule has 31 heavy (non-hydrogen) atoms. The molecule has 1 fully saturated rings. The zero-order chi connectivity index (χ0) is 21.2. The second kappa shape index (κ2) is 13.2. The minimum atomic E-state index is -0.215. The molecule has 0 atom stereocenters. The maximum atomic E-state index is 11.8. The fourth-order valence-electron chi connectivity index (χ4n) is 3.44. The summed E-state index contributed by atoms with van der Waals surface area (Å²) >= 11 is 0. The van der Waals surface area contributed by atoms with E-state index in [2.05, 4.69) is 28.9 Å². The topological polar surface area (TPSA) is 83.8 Å². The Labute approximate surface area is 201 Å². The third kappa shape index (κ3) is 7.71. The lowest BCUT2D eigenvalue weighted by Crippen LogP contribution is -2.50. The summed E-state index contributed by atoms with van der Waals surface area (Å²) in [6.07, 6.45) is 6.32. The molecule has 0 unspecified atom stereocenters. The van der Waals surface area contributed by atoms with Crippen molar-refractivity contribution in [3.05, 3.63) is 48.3 Å². The van der Waals surface area contributed by atoms with E-state index < -0.39 is 0 Å². The third-order valence-electron chi connectivity index (χ3n) is 5.03. The van der Waals surface area contributed by atoms with Crippen LogP contribution >= 0.6 is 24.0 Å². The molecule has 0 radical (unpaired) electrons. The summed E-state index contributed by atoms with van der Waals surface area (Å²) in [5, 5.41) is 11.3. The number of rotatable bonds is 7. The van der Waals surface area contributed by atoms with Crippen molar-refractivity contribution in [3.63, 3.8) is 0 Å². The molecule has 0 bridgehead atoms. The van der Waals surface area contributed by atoms with E-state index in [1.54, 1.807) is 4.90 Å². The number of likely N-dealkylation sites (tertiary alicyclic amines) is 1. The van der Waals surface area contributed by atoms with Crippen molar-refractivity contribution in [2.45, 2.75) is 39.2 Å². The molecule has 1 aromatic carbocycles. The number of para-hydroxylation sites is 1. The van der Waals surface area contributed by atoms with Crippen molar-refractivity contribution in [1.29, 1.82) is 0 Å². The molecule has 8 nitrogen and oxygen atoms in total. The number of nitrogens with zero attached hydrogens (tertiary/aromatic N) is 4. The van der Waals surface area contributed by atoms with Crippen LogP contribution in [0.25, 0.3) is 5.69 Å². The predicted octanol–water partition coefficient (Wildman–Crippen LogP) is 3.21. The van der Waals surface area contributed by atoms with Crippen LogP contribution in [0.1, 0.15) is 32.3 Å². The molecule has 0 spiro atoms. The van der Waals surface area contributed by atoms with E-state index in [0.29, 0.717) is 32.3 Å². The number of guanidine groups is 1. The SMILES string of the molecule is CCNC(=NCCc1cnn(-c2ccccc2)c1)NC1CCN(C(=O)OCC)CC1.I. The van der Waals surface area contributed by atoms with Gasteiger partial charge >= 0.3 is 6.09 Å². The summed E-state index contributed by atoms with van der Waals surface area (Å²) in [5.41, 5.74) is 2.21. The number of hydrogen-bond donors (Lipinski definition) is 2. The lowest BCUT2D eigenvalue weighted by Gasteiger charge is -2.32. The van der Waals surface area contributed by atoms with Crippen LogP contribution in [0.15, 0.2) is 47.7 Å². The Morgan fingerprint density at radius 2 is 1.97 bits per heavy atom. The Morgan fingerprint density at radius 1 is 1.23 bits per heavy atom. The number of piperidine rings is 1. The molecule has 1 amide bonds. The molecule has 170 valence electrons. The maximum absolute atomic E-state index is 11.8.